The van der Waals surface area contributed by atoms with Crippen molar-refractivity contribution in [3.05, 3.63) is 70.0 Å². The number of amidine groups is 1. The minimum Gasteiger partial charge on any atom is -0.384 e. The van der Waals surface area contributed by atoms with Crippen molar-refractivity contribution >= 4 is 17.4 Å². The van der Waals surface area contributed by atoms with E-state index in [1.807, 2.05) is 18.2 Å². The van der Waals surface area contributed by atoms with E-state index in [2.05, 4.69) is 0 Å². The molecule has 0 radical (unpaired) electrons. The molecular weight excluding hydrogens is 279 g/mol. The topological polar surface area (TPSA) is 59.1 Å². The van der Waals surface area contributed by atoms with Crippen LogP contribution in [0.1, 0.15) is 16.7 Å². The standard InChI is InChI=1S/C15H14ClFN2O/c16-12-3-1-2-10(6-12)8-20-9-11-4-5-13(17)7-14(11)15(18)19/h1-7H,8-9H2,(H3,18,19). The van der Waals surface area contributed by atoms with Gasteiger partial charge >= 0.3 is 0 Å². The molecule has 0 fully saturated rings. The molecule has 0 heterocycles. The van der Waals surface area contributed by atoms with Crippen molar-refractivity contribution in [1.29, 1.82) is 5.41 Å². The molecule has 20 heavy (non-hydrogen) atoms. The molecule has 2 rings (SSSR count). The molecule has 0 aromatic heterocycles. The van der Waals surface area contributed by atoms with Crippen molar-refractivity contribution in [1.82, 2.24) is 0 Å². The summed E-state index contributed by atoms with van der Waals surface area (Å²) in [4.78, 5) is 0. The first-order valence-electron chi connectivity index (χ1n) is 6.01. The van der Waals surface area contributed by atoms with E-state index in [4.69, 9.17) is 27.5 Å². The van der Waals surface area contributed by atoms with Gasteiger partial charge < -0.3 is 10.5 Å². The minimum atomic E-state index is -0.422. The van der Waals surface area contributed by atoms with Gasteiger partial charge in [-0.1, -0.05) is 29.8 Å². The SMILES string of the molecule is N=C(N)c1cc(F)ccc1COCc1cccc(Cl)c1. The summed E-state index contributed by atoms with van der Waals surface area (Å²) in [7, 11) is 0. The first-order chi connectivity index (χ1) is 9.56. The normalized spacial score (nSPS) is 10.5. The van der Waals surface area contributed by atoms with Crippen molar-refractivity contribution in [2.75, 3.05) is 0 Å². The van der Waals surface area contributed by atoms with Crippen LogP contribution in [0.2, 0.25) is 5.02 Å². The highest BCUT2D eigenvalue weighted by atomic mass is 35.5. The molecule has 0 saturated heterocycles. The van der Waals surface area contributed by atoms with Gasteiger partial charge in [0, 0.05) is 10.6 Å². The van der Waals surface area contributed by atoms with Crippen LogP contribution in [0.4, 0.5) is 4.39 Å². The largest absolute Gasteiger partial charge is 0.384 e. The van der Waals surface area contributed by atoms with Gasteiger partial charge in [0.15, 0.2) is 0 Å². The number of benzene rings is 2. The molecule has 2 aromatic rings. The molecule has 3 N–H and O–H groups in total. The average Bonchev–Trinajstić information content (AvgIpc) is 2.40. The highest BCUT2D eigenvalue weighted by Crippen LogP contribution is 2.15. The smallest absolute Gasteiger partial charge is 0.123 e. The number of rotatable bonds is 5. The summed E-state index contributed by atoms with van der Waals surface area (Å²) in [5, 5.41) is 8.09. The lowest BCUT2D eigenvalue weighted by Gasteiger charge is -2.09. The first kappa shape index (κ1) is 14.5. The fourth-order valence-electron chi connectivity index (χ4n) is 1.83. The predicted octanol–water partition coefficient (Wildman–Crippen LogP) is 3.48. The Balaban J connectivity index is 2.02. The van der Waals surface area contributed by atoms with Gasteiger partial charge in [0.25, 0.3) is 0 Å². The van der Waals surface area contributed by atoms with E-state index in [9.17, 15) is 4.39 Å². The monoisotopic (exact) mass is 292 g/mol. The molecule has 0 aliphatic carbocycles. The Labute approximate surface area is 121 Å². The molecule has 0 bridgehead atoms. The van der Waals surface area contributed by atoms with Crippen LogP contribution in [-0.4, -0.2) is 5.84 Å². The molecule has 5 heteroatoms. The van der Waals surface area contributed by atoms with Crippen LogP contribution in [-0.2, 0) is 18.0 Å². The molecule has 104 valence electrons. The molecule has 2 aromatic carbocycles. The number of nitrogen functional groups attached to an aromatic ring is 1. The van der Waals surface area contributed by atoms with Crippen molar-refractivity contribution in [2.24, 2.45) is 5.73 Å². The summed E-state index contributed by atoms with van der Waals surface area (Å²) in [6.45, 7) is 0.636. The number of nitrogens with two attached hydrogens (primary N) is 1. The Morgan fingerprint density at radius 1 is 1.20 bits per heavy atom. The first-order valence-corrected chi connectivity index (χ1v) is 6.39. The quantitative estimate of drug-likeness (QED) is 0.655. The predicted molar refractivity (Wildman–Crippen MR) is 77.4 cm³/mol. The van der Waals surface area contributed by atoms with Gasteiger partial charge in [-0.2, -0.15) is 0 Å². The summed E-state index contributed by atoms with van der Waals surface area (Å²) in [6, 6.07) is 11.5. The lowest BCUT2D eigenvalue weighted by Crippen LogP contribution is -2.14. The third-order valence-electron chi connectivity index (χ3n) is 2.78. The average molecular weight is 293 g/mol. The van der Waals surface area contributed by atoms with Crippen LogP contribution in [0, 0.1) is 11.2 Å². The molecule has 0 atom stereocenters. The van der Waals surface area contributed by atoms with E-state index in [0.29, 0.717) is 22.8 Å². The highest BCUT2D eigenvalue weighted by Gasteiger charge is 2.07. The fourth-order valence-corrected chi connectivity index (χ4v) is 2.04. The molecule has 0 aliphatic rings. The fraction of sp³-hybridized carbons (Fsp3) is 0.133. The summed E-state index contributed by atoms with van der Waals surface area (Å²) >= 11 is 5.88. The summed E-state index contributed by atoms with van der Waals surface area (Å²) in [5.74, 6) is -0.598. The number of hydrogen-bond donors (Lipinski definition) is 2. The Morgan fingerprint density at radius 2 is 2.00 bits per heavy atom. The van der Waals surface area contributed by atoms with Gasteiger partial charge in [0.2, 0.25) is 0 Å². The van der Waals surface area contributed by atoms with Crippen LogP contribution in [0.5, 0.6) is 0 Å². The van der Waals surface area contributed by atoms with Crippen molar-refractivity contribution in [2.45, 2.75) is 13.2 Å². The Kier molecular flexibility index (Phi) is 4.71. The molecule has 0 saturated carbocycles. The minimum absolute atomic E-state index is 0.175. The Bertz CT molecular complexity index is 631. The van der Waals surface area contributed by atoms with Crippen LogP contribution >= 0.6 is 11.6 Å². The van der Waals surface area contributed by atoms with Crippen LogP contribution < -0.4 is 5.73 Å². The zero-order valence-corrected chi connectivity index (χ0v) is 11.5. The van der Waals surface area contributed by atoms with Gasteiger partial charge in [-0.25, -0.2) is 4.39 Å². The van der Waals surface area contributed by atoms with E-state index < -0.39 is 5.82 Å². The van der Waals surface area contributed by atoms with Crippen molar-refractivity contribution < 1.29 is 9.13 Å². The van der Waals surface area contributed by atoms with Gasteiger partial charge in [-0.15, -0.1) is 0 Å². The highest BCUT2D eigenvalue weighted by molar-refractivity contribution is 6.30. The Hall–Kier alpha value is -1.91. The maximum atomic E-state index is 13.1. The van der Waals surface area contributed by atoms with Crippen molar-refractivity contribution in [3.8, 4) is 0 Å². The third kappa shape index (κ3) is 3.79. The van der Waals surface area contributed by atoms with E-state index in [0.717, 1.165) is 5.56 Å². The van der Waals surface area contributed by atoms with E-state index in [1.165, 1.54) is 12.1 Å². The summed E-state index contributed by atoms with van der Waals surface area (Å²) in [5.41, 5.74) is 7.42. The van der Waals surface area contributed by atoms with E-state index >= 15 is 0 Å². The van der Waals surface area contributed by atoms with Crippen LogP contribution in [0.3, 0.4) is 0 Å². The van der Waals surface area contributed by atoms with Gasteiger partial charge in [-0.3, -0.25) is 5.41 Å². The van der Waals surface area contributed by atoms with Crippen LogP contribution in [0.25, 0.3) is 0 Å². The lowest BCUT2D eigenvalue weighted by atomic mass is 10.1. The van der Waals surface area contributed by atoms with E-state index in [-0.39, 0.29) is 12.4 Å². The Morgan fingerprint density at radius 3 is 2.70 bits per heavy atom. The number of nitrogens with one attached hydrogen (secondary N) is 1. The van der Waals surface area contributed by atoms with Crippen LogP contribution in [0.15, 0.2) is 42.5 Å². The maximum absolute atomic E-state index is 13.1. The second-order valence-corrected chi connectivity index (χ2v) is 4.77. The second-order valence-electron chi connectivity index (χ2n) is 4.34. The summed E-state index contributed by atoms with van der Waals surface area (Å²) < 4.78 is 18.7. The molecular formula is C15H14ClFN2O. The number of hydrogen-bond acceptors (Lipinski definition) is 2. The van der Waals surface area contributed by atoms with Gasteiger partial charge in [0.1, 0.15) is 11.7 Å². The molecule has 0 spiro atoms. The number of ether oxygens (including phenoxy) is 1. The second kappa shape index (κ2) is 6.50. The lowest BCUT2D eigenvalue weighted by molar-refractivity contribution is 0.107. The molecule has 0 amide bonds. The zero-order chi connectivity index (χ0) is 14.5. The molecule has 0 aliphatic heterocycles. The third-order valence-corrected chi connectivity index (χ3v) is 3.01. The summed E-state index contributed by atoms with van der Waals surface area (Å²) in [6.07, 6.45) is 0. The van der Waals surface area contributed by atoms with Crippen molar-refractivity contribution in [3.63, 3.8) is 0 Å². The zero-order valence-electron chi connectivity index (χ0n) is 10.7. The maximum Gasteiger partial charge on any atom is 0.123 e. The van der Waals surface area contributed by atoms with E-state index in [1.54, 1.807) is 12.1 Å². The molecule has 0 unspecified atom stereocenters. The van der Waals surface area contributed by atoms with Gasteiger partial charge in [-0.05, 0) is 35.4 Å². The van der Waals surface area contributed by atoms with Gasteiger partial charge in [0.05, 0.1) is 13.2 Å². The molecule has 3 nitrogen and oxygen atoms in total. The number of halogens is 2.